The summed E-state index contributed by atoms with van der Waals surface area (Å²) < 4.78 is 4.70. The van der Waals surface area contributed by atoms with Crippen LogP contribution in [-0.4, -0.2) is 32.2 Å². The molecule has 0 atom stereocenters. The van der Waals surface area contributed by atoms with Crippen LogP contribution in [0, 0.1) is 0 Å². The predicted molar refractivity (Wildman–Crippen MR) is 58.3 cm³/mol. The first-order chi connectivity index (χ1) is 7.15. The SMILES string of the molecule is COC(=O)c1ccccc1CNN(C)C. The topological polar surface area (TPSA) is 41.6 Å². The number of methoxy groups -OCH3 is 1. The fourth-order valence-corrected chi connectivity index (χ4v) is 1.23. The fourth-order valence-electron chi connectivity index (χ4n) is 1.23. The first kappa shape index (κ1) is 11.7. The fraction of sp³-hybridized carbons (Fsp3) is 0.364. The van der Waals surface area contributed by atoms with Crippen LogP contribution in [-0.2, 0) is 11.3 Å². The molecule has 0 amide bonds. The van der Waals surface area contributed by atoms with Crippen molar-refractivity contribution >= 4 is 5.97 Å². The Kier molecular flexibility index (Phi) is 4.27. The van der Waals surface area contributed by atoms with Crippen molar-refractivity contribution in [2.75, 3.05) is 21.2 Å². The summed E-state index contributed by atoms with van der Waals surface area (Å²) in [6.07, 6.45) is 0. The summed E-state index contributed by atoms with van der Waals surface area (Å²) in [6.45, 7) is 0.609. The Morgan fingerprint density at radius 2 is 2.07 bits per heavy atom. The van der Waals surface area contributed by atoms with Gasteiger partial charge in [0, 0.05) is 20.6 Å². The van der Waals surface area contributed by atoms with Gasteiger partial charge in [-0.25, -0.2) is 4.79 Å². The van der Waals surface area contributed by atoms with Crippen molar-refractivity contribution in [3.63, 3.8) is 0 Å². The van der Waals surface area contributed by atoms with Gasteiger partial charge < -0.3 is 4.74 Å². The highest BCUT2D eigenvalue weighted by Gasteiger charge is 2.10. The number of nitrogens with one attached hydrogen (secondary N) is 1. The average Bonchev–Trinajstić information content (AvgIpc) is 2.25. The molecule has 1 aromatic carbocycles. The lowest BCUT2D eigenvalue weighted by Crippen LogP contribution is -2.30. The highest BCUT2D eigenvalue weighted by atomic mass is 16.5. The first-order valence-electron chi connectivity index (χ1n) is 4.72. The average molecular weight is 208 g/mol. The molecule has 15 heavy (non-hydrogen) atoms. The molecule has 0 radical (unpaired) electrons. The molecule has 1 N–H and O–H groups in total. The summed E-state index contributed by atoms with van der Waals surface area (Å²) in [7, 11) is 5.19. The standard InChI is InChI=1S/C11H16N2O2/c1-13(2)12-8-9-6-4-5-7-10(9)11(14)15-3/h4-7,12H,8H2,1-3H3. The summed E-state index contributed by atoms with van der Waals surface area (Å²) in [4.78, 5) is 11.4. The number of rotatable bonds is 4. The van der Waals surface area contributed by atoms with E-state index in [0.29, 0.717) is 12.1 Å². The number of esters is 1. The Labute approximate surface area is 89.8 Å². The smallest absolute Gasteiger partial charge is 0.338 e. The minimum absolute atomic E-state index is 0.300. The van der Waals surface area contributed by atoms with Gasteiger partial charge in [0.15, 0.2) is 0 Å². The molecule has 0 aliphatic heterocycles. The number of hydrogen-bond acceptors (Lipinski definition) is 4. The largest absolute Gasteiger partial charge is 0.465 e. The normalized spacial score (nSPS) is 10.4. The number of benzene rings is 1. The van der Waals surface area contributed by atoms with E-state index in [1.54, 1.807) is 6.07 Å². The number of ether oxygens (including phenoxy) is 1. The molecular weight excluding hydrogens is 192 g/mol. The third kappa shape index (κ3) is 3.34. The highest BCUT2D eigenvalue weighted by molar-refractivity contribution is 5.90. The van der Waals surface area contributed by atoms with E-state index in [1.165, 1.54) is 7.11 Å². The van der Waals surface area contributed by atoms with Gasteiger partial charge in [-0.15, -0.1) is 0 Å². The van der Waals surface area contributed by atoms with Gasteiger partial charge in [-0.05, 0) is 11.6 Å². The molecule has 0 bridgehead atoms. The van der Waals surface area contributed by atoms with Gasteiger partial charge in [0.25, 0.3) is 0 Å². The molecule has 0 saturated heterocycles. The van der Waals surface area contributed by atoms with Crippen LogP contribution < -0.4 is 5.43 Å². The van der Waals surface area contributed by atoms with Crippen LogP contribution >= 0.6 is 0 Å². The maximum Gasteiger partial charge on any atom is 0.338 e. The van der Waals surface area contributed by atoms with Crippen molar-refractivity contribution in [3.8, 4) is 0 Å². The van der Waals surface area contributed by atoms with E-state index in [0.717, 1.165) is 5.56 Å². The van der Waals surface area contributed by atoms with Crippen LogP contribution in [0.1, 0.15) is 15.9 Å². The van der Waals surface area contributed by atoms with Gasteiger partial charge in [0.1, 0.15) is 0 Å². The number of carbonyl (C=O) groups is 1. The van der Waals surface area contributed by atoms with Crippen molar-refractivity contribution in [3.05, 3.63) is 35.4 Å². The van der Waals surface area contributed by atoms with E-state index >= 15 is 0 Å². The van der Waals surface area contributed by atoms with Gasteiger partial charge >= 0.3 is 5.97 Å². The van der Waals surface area contributed by atoms with Crippen molar-refractivity contribution in [2.45, 2.75) is 6.54 Å². The van der Waals surface area contributed by atoms with Crippen LogP contribution in [0.2, 0.25) is 0 Å². The van der Waals surface area contributed by atoms with E-state index in [9.17, 15) is 4.79 Å². The predicted octanol–water partition coefficient (Wildman–Crippen LogP) is 1.04. The monoisotopic (exact) mass is 208 g/mol. The molecule has 4 nitrogen and oxygen atoms in total. The van der Waals surface area contributed by atoms with Crippen LogP contribution in [0.5, 0.6) is 0 Å². The van der Waals surface area contributed by atoms with Gasteiger partial charge in [-0.2, -0.15) is 0 Å². The van der Waals surface area contributed by atoms with Gasteiger partial charge in [0.2, 0.25) is 0 Å². The first-order valence-corrected chi connectivity index (χ1v) is 4.72. The zero-order chi connectivity index (χ0) is 11.3. The third-order valence-electron chi connectivity index (χ3n) is 2.01. The lowest BCUT2D eigenvalue weighted by Gasteiger charge is -2.13. The minimum atomic E-state index is -0.300. The summed E-state index contributed by atoms with van der Waals surface area (Å²) in [6, 6.07) is 7.39. The van der Waals surface area contributed by atoms with E-state index in [1.807, 2.05) is 37.3 Å². The molecule has 0 unspecified atom stereocenters. The number of hydrazine groups is 1. The van der Waals surface area contributed by atoms with Crippen LogP contribution in [0.15, 0.2) is 24.3 Å². The van der Waals surface area contributed by atoms with E-state index in [4.69, 9.17) is 4.74 Å². The summed E-state index contributed by atoms with van der Waals surface area (Å²) in [5.41, 5.74) is 4.64. The molecule has 0 fully saturated rings. The van der Waals surface area contributed by atoms with Gasteiger partial charge in [-0.1, -0.05) is 18.2 Å². The van der Waals surface area contributed by atoms with Crippen molar-refractivity contribution in [2.24, 2.45) is 0 Å². The molecule has 0 aliphatic carbocycles. The van der Waals surface area contributed by atoms with Crippen LogP contribution in [0.4, 0.5) is 0 Å². The maximum absolute atomic E-state index is 11.4. The highest BCUT2D eigenvalue weighted by Crippen LogP contribution is 2.09. The Morgan fingerprint density at radius 1 is 1.40 bits per heavy atom. The van der Waals surface area contributed by atoms with Gasteiger partial charge in [0.05, 0.1) is 12.7 Å². The van der Waals surface area contributed by atoms with Crippen LogP contribution in [0.3, 0.4) is 0 Å². The second-order valence-corrected chi connectivity index (χ2v) is 3.38. The molecule has 4 heteroatoms. The summed E-state index contributed by atoms with van der Waals surface area (Å²) >= 11 is 0. The van der Waals surface area contributed by atoms with Crippen molar-refractivity contribution < 1.29 is 9.53 Å². The number of hydrogen-bond donors (Lipinski definition) is 1. The molecule has 0 aromatic heterocycles. The Bertz CT molecular complexity index is 337. The molecule has 1 aromatic rings. The van der Waals surface area contributed by atoms with Crippen molar-refractivity contribution in [1.82, 2.24) is 10.4 Å². The molecule has 0 spiro atoms. The van der Waals surface area contributed by atoms with Crippen LogP contribution in [0.25, 0.3) is 0 Å². The molecule has 0 heterocycles. The second-order valence-electron chi connectivity index (χ2n) is 3.38. The van der Waals surface area contributed by atoms with E-state index in [-0.39, 0.29) is 5.97 Å². The minimum Gasteiger partial charge on any atom is -0.465 e. The Balaban J connectivity index is 2.81. The second kappa shape index (κ2) is 5.48. The third-order valence-corrected chi connectivity index (χ3v) is 2.01. The number of carbonyl (C=O) groups excluding carboxylic acids is 1. The summed E-state index contributed by atoms with van der Waals surface area (Å²) in [5, 5.41) is 1.84. The quantitative estimate of drug-likeness (QED) is 0.593. The Morgan fingerprint density at radius 3 is 2.67 bits per heavy atom. The molecule has 0 saturated carbocycles. The lowest BCUT2D eigenvalue weighted by atomic mass is 10.1. The lowest BCUT2D eigenvalue weighted by molar-refractivity contribution is 0.0599. The zero-order valence-corrected chi connectivity index (χ0v) is 9.28. The van der Waals surface area contributed by atoms with E-state index in [2.05, 4.69) is 5.43 Å². The maximum atomic E-state index is 11.4. The molecule has 82 valence electrons. The van der Waals surface area contributed by atoms with Gasteiger partial charge in [-0.3, -0.25) is 10.4 Å². The Hall–Kier alpha value is -1.39. The van der Waals surface area contributed by atoms with Crippen molar-refractivity contribution in [1.29, 1.82) is 0 Å². The number of nitrogens with zero attached hydrogens (tertiary/aromatic N) is 1. The molecular formula is C11H16N2O2. The zero-order valence-electron chi connectivity index (χ0n) is 9.28. The molecule has 1 rings (SSSR count). The molecule has 0 aliphatic rings. The summed E-state index contributed by atoms with van der Waals surface area (Å²) in [5.74, 6) is -0.300. The van der Waals surface area contributed by atoms with E-state index < -0.39 is 0 Å².